The van der Waals surface area contributed by atoms with Gasteiger partial charge >= 0.3 is 5.97 Å². The molecule has 1 N–H and O–H groups in total. The largest absolute Gasteiger partial charge is 0.469 e. The van der Waals surface area contributed by atoms with Crippen molar-refractivity contribution < 1.29 is 24.1 Å². The van der Waals surface area contributed by atoms with Crippen molar-refractivity contribution in [3.63, 3.8) is 0 Å². The third-order valence-corrected chi connectivity index (χ3v) is 3.18. The molecule has 5 heteroatoms. The zero-order valence-electron chi connectivity index (χ0n) is 12.1. The second kappa shape index (κ2) is 7.03. The van der Waals surface area contributed by atoms with Gasteiger partial charge in [-0.15, -0.1) is 0 Å². The third-order valence-electron chi connectivity index (χ3n) is 3.18. The Labute approximate surface area is 114 Å². The molecule has 1 fully saturated rings. The van der Waals surface area contributed by atoms with E-state index in [-0.39, 0.29) is 30.7 Å². The van der Waals surface area contributed by atoms with Gasteiger partial charge in [-0.1, -0.05) is 19.1 Å². The van der Waals surface area contributed by atoms with Crippen LogP contribution in [0.3, 0.4) is 0 Å². The Hall–Kier alpha value is -0.910. The molecule has 0 radical (unpaired) electrons. The SMILES string of the molecule is CCC(CC=C[C@@H]1OC(C)(C)O[C@@H]1CO)C(=O)OC. The smallest absolute Gasteiger partial charge is 0.308 e. The predicted octanol–water partition coefficient (Wildman–Crippen LogP) is 1.64. The first-order valence-electron chi connectivity index (χ1n) is 6.64. The molecule has 0 bridgehead atoms. The van der Waals surface area contributed by atoms with Crippen molar-refractivity contribution in [1.29, 1.82) is 0 Å². The molecule has 0 aromatic heterocycles. The zero-order chi connectivity index (χ0) is 14.5. The molecule has 0 aromatic carbocycles. The number of carbonyl (C=O) groups is 1. The minimum Gasteiger partial charge on any atom is -0.469 e. The summed E-state index contributed by atoms with van der Waals surface area (Å²) in [5.74, 6) is -1.02. The third kappa shape index (κ3) is 4.60. The normalized spacial score (nSPS) is 27.6. The predicted molar refractivity (Wildman–Crippen MR) is 70.5 cm³/mol. The standard InChI is InChI=1S/C14H24O5/c1-5-10(13(16)17-4)7-6-8-11-12(9-15)19-14(2,3)18-11/h6,8,10-12,15H,5,7,9H2,1-4H3/t10?,11-,12+/m0/s1. The van der Waals surface area contributed by atoms with Crippen LogP contribution in [0.25, 0.3) is 0 Å². The van der Waals surface area contributed by atoms with E-state index in [4.69, 9.17) is 14.2 Å². The Balaban J connectivity index is 2.54. The van der Waals surface area contributed by atoms with Crippen LogP contribution in [0, 0.1) is 5.92 Å². The highest BCUT2D eigenvalue weighted by atomic mass is 16.8. The van der Waals surface area contributed by atoms with Gasteiger partial charge in [0, 0.05) is 0 Å². The number of aliphatic hydroxyl groups excluding tert-OH is 1. The molecule has 1 rings (SSSR count). The van der Waals surface area contributed by atoms with E-state index in [1.807, 2.05) is 32.9 Å². The molecule has 5 nitrogen and oxygen atoms in total. The van der Waals surface area contributed by atoms with E-state index < -0.39 is 5.79 Å². The van der Waals surface area contributed by atoms with Crippen LogP contribution in [0.1, 0.15) is 33.6 Å². The summed E-state index contributed by atoms with van der Waals surface area (Å²) in [6, 6.07) is 0. The molecule has 1 aliphatic heterocycles. The first kappa shape index (κ1) is 16.1. The van der Waals surface area contributed by atoms with Crippen molar-refractivity contribution >= 4 is 5.97 Å². The van der Waals surface area contributed by atoms with Crippen LogP contribution in [-0.2, 0) is 19.0 Å². The molecule has 0 saturated carbocycles. The van der Waals surface area contributed by atoms with Crippen LogP contribution < -0.4 is 0 Å². The average Bonchev–Trinajstić information content (AvgIpc) is 2.68. The van der Waals surface area contributed by atoms with E-state index in [9.17, 15) is 9.90 Å². The molecule has 0 amide bonds. The summed E-state index contributed by atoms with van der Waals surface area (Å²) in [6.45, 7) is 5.48. The van der Waals surface area contributed by atoms with Crippen LogP contribution in [0.4, 0.5) is 0 Å². The lowest BCUT2D eigenvalue weighted by Crippen LogP contribution is -2.24. The molecule has 19 heavy (non-hydrogen) atoms. The van der Waals surface area contributed by atoms with Crippen LogP contribution in [0.15, 0.2) is 12.2 Å². The van der Waals surface area contributed by atoms with Gasteiger partial charge in [-0.3, -0.25) is 4.79 Å². The first-order valence-corrected chi connectivity index (χ1v) is 6.64. The van der Waals surface area contributed by atoms with Gasteiger partial charge in [0.2, 0.25) is 0 Å². The van der Waals surface area contributed by atoms with E-state index in [2.05, 4.69) is 0 Å². The number of aliphatic hydroxyl groups is 1. The minimum atomic E-state index is -0.686. The van der Waals surface area contributed by atoms with Gasteiger partial charge in [-0.25, -0.2) is 0 Å². The molecule has 0 spiro atoms. The summed E-state index contributed by atoms with van der Waals surface area (Å²) in [6.07, 6.45) is 4.43. The molecule has 0 aliphatic carbocycles. The van der Waals surface area contributed by atoms with Gasteiger partial charge in [0.1, 0.15) is 12.2 Å². The molecule has 1 heterocycles. The number of rotatable bonds is 6. The van der Waals surface area contributed by atoms with Gasteiger partial charge in [-0.05, 0) is 26.7 Å². The maximum atomic E-state index is 11.4. The summed E-state index contributed by atoms with van der Waals surface area (Å²) in [4.78, 5) is 11.4. The quantitative estimate of drug-likeness (QED) is 0.588. The summed E-state index contributed by atoms with van der Waals surface area (Å²) in [5, 5.41) is 9.24. The summed E-state index contributed by atoms with van der Waals surface area (Å²) in [7, 11) is 1.40. The second-order valence-corrected chi connectivity index (χ2v) is 5.11. The van der Waals surface area contributed by atoms with Gasteiger partial charge in [0.15, 0.2) is 5.79 Å². The molecular formula is C14H24O5. The Morgan fingerprint density at radius 1 is 1.47 bits per heavy atom. The average molecular weight is 272 g/mol. The Morgan fingerprint density at radius 3 is 2.68 bits per heavy atom. The Morgan fingerprint density at radius 2 is 2.16 bits per heavy atom. The topological polar surface area (TPSA) is 65.0 Å². The van der Waals surface area contributed by atoms with E-state index in [0.29, 0.717) is 6.42 Å². The summed E-state index contributed by atoms with van der Waals surface area (Å²) < 4.78 is 15.9. The Kier molecular flexibility index (Phi) is 5.97. The second-order valence-electron chi connectivity index (χ2n) is 5.11. The van der Waals surface area contributed by atoms with Gasteiger partial charge < -0.3 is 19.3 Å². The summed E-state index contributed by atoms with van der Waals surface area (Å²) >= 11 is 0. The molecule has 3 atom stereocenters. The lowest BCUT2D eigenvalue weighted by atomic mass is 10.0. The molecule has 1 unspecified atom stereocenters. The lowest BCUT2D eigenvalue weighted by molar-refractivity contribution is -0.146. The van der Waals surface area contributed by atoms with Crippen LogP contribution >= 0.6 is 0 Å². The number of esters is 1. The van der Waals surface area contributed by atoms with Gasteiger partial charge in [-0.2, -0.15) is 0 Å². The van der Waals surface area contributed by atoms with Crippen molar-refractivity contribution in [2.45, 2.75) is 51.6 Å². The fraction of sp³-hybridized carbons (Fsp3) is 0.786. The number of hydrogen-bond donors (Lipinski definition) is 1. The highest BCUT2D eigenvalue weighted by Crippen LogP contribution is 2.28. The Bertz CT molecular complexity index is 324. The minimum absolute atomic E-state index is 0.0906. The maximum Gasteiger partial charge on any atom is 0.308 e. The van der Waals surface area contributed by atoms with E-state index >= 15 is 0 Å². The van der Waals surface area contributed by atoms with Crippen molar-refractivity contribution in [2.24, 2.45) is 5.92 Å². The summed E-state index contributed by atoms with van der Waals surface area (Å²) in [5.41, 5.74) is 0. The number of hydrogen-bond acceptors (Lipinski definition) is 5. The van der Waals surface area contributed by atoms with Crippen LogP contribution in [0.2, 0.25) is 0 Å². The monoisotopic (exact) mass is 272 g/mol. The number of ether oxygens (including phenoxy) is 3. The zero-order valence-corrected chi connectivity index (χ0v) is 12.1. The van der Waals surface area contributed by atoms with Gasteiger partial charge in [0.25, 0.3) is 0 Å². The van der Waals surface area contributed by atoms with Gasteiger partial charge in [0.05, 0.1) is 19.6 Å². The van der Waals surface area contributed by atoms with Crippen molar-refractivity contribution in [3.05, 3.63) is 12.2 Å². The number of methoxy groups -OCH3 is 1. The van der Waals surface area contributed by atoms with Crippen molar-refractivity contribution in [3.8, 4) is 0 Å². The van der Waals surface area contributed by atoms with E-state index in [0.717, 1.165) is 6.42 Å². The molecule has 0 aromatic rings. The first-order chi connectivity index (χ1) is 8.93. The lowest BCUT2D eigenvalue weighted by Gasteiger charge is -2.16. The molecular weight excluding hydrogens is 248 g/mol. The molecule has 1 saturated heterocycles. The highest BCUT2D eigenvalue weighted by molar-refractivity contribution is 5.72. The van der Waals surface area contributed by atoms with Crippen LogP contribution in [-0.4, -0.2) is 42.8 Å². The number of allylic oxidation sites excluding steroid dienone is 1. The number of carbonyl (C=O) groups excluding carboxylic acids is 1. The van der Waals surface area contributed by atoms with E-state index in [1.54, 1.807) is 0 Å². The fourth-order valence-corrected chi connectivity index (χ4v) is 2.14. The highest BCUT2D eigenvalue weighted by Gasteiger charge is 2.39. The fourth-order valence-electron chi connectivity index (χ4n) is 2.14. The van der Waals surface area contributed by atoms with Crippen LogP contribution in [0.5, 0.6) is 0 Å². The van der Waals surface area contributed by atoms with E-state index in [1.165, 1.54) is 7.11 Å². The van der Waals surface area contributed by atoms with Crippen molar-refractivity contribution in [2.75, 3.05) is 13.7 Å². The molecule has 110 valence electrons. The molecule has 1 aliphatic rings. The van der Waals surface area contributed by atoms with Crippen molar-refractivity contribution in [1.82, 2.24) is 0 Å². The maximum absolute atomic E-state index is 11.4.